The Balaban J connectivity index is 3.43. The van der Waals surface area contributed by atoms with Gasteiger partial charge in [0, 0.05) is 26.1 Å². The van der Waals surface area contributed by atoms with Gasteiger partial charge in [-0.3, -0.25) is 4.79 Å². The van der Waals surface area contributed by atoms with E-state index in [1.807, 2.05) is 11.8 Å². The van der Waals surface area contributed by atoms with E-state index in [0.717, 1.165) is 13.0 Å². The van der Waals surface area contributed by atoms with Crippen molar-refractivity contribution in [3.63, 3.8) is 0 Å². The molecule has 0 atom stereocenters. The Bertz CT molecular complexity index is 183. The van der Waals surface area contributed by atoms with Crippen molar-refractivity contribution >= 4 is 5.91 Å². The molecule has 0 radical (unpaired) electrons. The lowest BCUT2D eigenvalue weighted by Gasteiger charge is -2.19. The van der Waals surface area contributed by atoms with E-state index in [0.29, 0.717) is 19.5 Å². The predicted molar refractivity (Wildman–Crippen MR) is 73.9 cm³/mol. The van der Waals surface area contributed by atoms with Crippen LogP contribution in [0.25, 0.3) is 0 Å². The van der Waals surface area contributed by atoms with Crippen LogP contribution < -0.4 is 5.73 Å². The number of hydrogen-bond acceptors (Lipinski definition) is 2. The van der Waals surface area contributed by atoms with Crippen molar-refractivity contribution in [1.29, 1.82) is 0 Å². The van der Waals surface area contributed by atoms with Crippen molar-refractivity contribution in [3.8, 4) is 0 Å². The Morgan fingerprint density at radius 2 is 1.59 bits per heavy atom. The number of carbonyl (C=O) groups excluding carboxylic acids is 1. The standard InChI is InChI=1S/C14H30N2O/c1-3-5-6-7-8-9-10-11-14(17)16(4-2)13-12-15/h3-13,15H2,1-2H3. The van der Waals surface area contributed by atoms with Gasteiger partial charge in [0.15, 0.2) is 0 Å². The van der Waals surface area contributed by atoms with Gasteiger partial charge >= 0.3 is 0 Å². The highest BCUT2D eigenvalue weighted by Crippen LogP contribution is 2.09. The first kappa shape index (κ1) is 16.4. The van der Waals surface area contributed by atoms with Crippen LogP contribution in [0.3, 0.4) is 0 Å². The number of amides is 1. The van der Waals surface area contributed by atoms with Gasteiger partial charge in [0.05, 0.1) is 0 Å². The minimum Gasteiger partial charge on any atom is -0.342 e. The molecule has 0 bridgehead atoms. The van der Waals surface area contributed by atoms with Crippen molar-refractivity contribution in [2.75, 3.05) is 19.6 Å². The van der Waals surface area contributed by atoms with E-state index in [2.05, 4.69) is 6.92 Å². The van der Waals surface area contributed by atoms with E-state index in [1.165, 1.54) is 38.5 Å². The lowest BCUT2D eigenvalue weighted by Crippen LogP contribution is -2.34. The molecule has 0 unspecified atom stereocenters. The van der Waals surface area contributed by atoms with E-state index >= 15 is 0 Å². The topological polar surface area (TPSA) is 46.3 Å². The van der Waals surface area contributed by atoms with E-state index in [1.54, 1.807) is 0 Å². The molecule has 0 rings (SSSR count). The molecule has 0 fully saturated rings. The lowest BCUT2D eigenvalue weighted by molar-refractivity contribution is -0.131. The first-order valence-corrected chi connectivity index (χ1v) is 7.24. The maximum absolute atomic E-state index is 11.8. The molecule has 0 aromatic carbocycles. The third-order valence-electron chi connectivity index (χ3n) is 3.13. The molecule has 3 heteroatoms. The van der Waals surface area contributed by atoms with Gasteiger partial charge in [0.25, 0.3) is 0 Å². The van der Waals surface area contributed by atoms with Crippen LogP contribution in [0.1, 0.15) is 65.2 Å². The Morgan fingerprint density at radius 1 is 1.00 bits per heavy atom. The molecule has 3 nitrogen and oxygen atoms in total. The summed E-state index contributed by atoms with van der Waals surface area (Å²) in [5.41, 5.74) is 5.47. The highest BCUT2D eigenvalue weighted by atomic mass is 16.2. The van der Waals surface area contributed by atoms with E-state index < -0.39 is 0 Å². The van der Waals surface area contributed by atoms with Crippen molar-refractivity contribution in [1.82, 2.24) is 4.90 Å². The fraction of sp³-hybridized carbons (Fsp3) is 0.929. The van der Waals surface area contributed by atoms with Crippen LogP contribution in [0.4, 0.5) is 0 Å². The molecule has 0 heterocycles. The molecule has 0 aliphatic carbocycles. The van der Waals surface area contributed by atoms with Crippen molar-refractivity contribution in [2.24, 2.45) is 5.73 Å². The maximum Gasteiger partial charge on any atom is 0.222 e. The Kier molecular flexibility index (Phi) is 11.5. The number of likely N-dealkylation sites (N-methyl/N-ethyl adjacent to an activating group) is 1. The fourth-order valence-electron chi connectivity index (χ4n) is 2.01. The summed E-state index contributed by atoms with van der Waals surface area (Å²) in [7, 11) is 0. The highest BCUT2D eigenvalue weighted by Gasteiger charge is 2.09. The number of rotatable bonds is 11. The molecule has 0 spiro atoms. The third-order valence-corrected chi connectivity index (χ3v) is 3.13. The normalized spacial score (nSPS) is 10.5. The molecule has 102 valence electrons. The minimum absolute atomic E-state index is 0.270. The molecular weight excluding hydrogens is 212 g/mol. The number of carbonyl (C=O) groups is 1. The second-order valence-corrected chi connectivity index (χ2v) is 4.63. The van der Waals surface area contributed by atoms with Gasteiger partial charge in [-0.25, -0.2) is 0 Å². The third kappa shape index (κ3) is 9.16. The molecule has 0 aliphatic heterocycles. The zero-order valence-electron chi connectivity index (χ0n) is 11.7. The number of hydrogen-bond donors (Lipinski definition) is 1. The van der Waals surface area contributed by atoms with E-state index in [9.17, 15) is 4.79 Å². The summed E-state index contributed by atoms with van der Waals surface area (Å²) >= 11 is 0. The van der Waals surface area contributed by atoms with Crippen LogP contribution >= 0.6 is 0 Å². The number of nitrogens with zero attached hydrogens (tertiary/aromatic N) is 1. The van der Waals surface area contributed by atoms with Gasteiger partial charge in [-0.1, -0.05) is 45.4 Å². The van der Waals surface area contributed by atoms with Gasteiger partial charge in [-0.15, -0.1) is 0 Å². The highest BCUT2D eigenvalue weighted by molar-refractivity contribution is 5.76. The largest absolute Gasteiger partial charge is 0.342 e. The first-order valence-electron chi connectivity index (χ1n) is 7.24. The Hall–Kier alpha value is -0.570. The van der Waals surface area contributed by atoms with Crippen LogP contribution in [0.15, 0.2) is 0 Å². The fourth-order valence-corrected chi connectivity index (χ4v) is 2.01. The molecule has 0 saturated carbocycles. The van der Waals surface area contributed by atoms with E-state index in [4.69, 9.17) is 5.73 Å². The number of unbranched alkanes of at least 4 members (excludes halogenated alkanes) is 6. The lowest BCUT2D eigenvalue weighted by atomic mass is 10.1. The van der Waals surface area contributed by atoms with E-state index in [-0.39, 0.29) is 5.91 Å². The summed E-state index contributed by atoms with van der Waals surface area (Å²) < 4.78 is 0. The quantitative estimate of drug-likeness (QED) is 0.566. The molecule has 1 amide bonds. The zero-order chi connectivity index (χ0) is 12.9. The van der Waals surface area contributed by atoms with Crippen LogP contribution in [0.2, 0.25) is 0 Å². The van der Waals surface area contributed by atoms with Crippen LogP contribution in [0.5, 0.6) is 0 Å². The molecular formula is C14H30N2O. The molecule has 17 heavy (non-hydrogen) atoms. The summed E-state index contributed by atoms with van der Waals surface area (Å²) in [5.74, 6) is 0.270. The van der Waals surface area contributed by atoms with Gasteiger partial charge < -0.3 is 10.6 Å². The molecule has 2 N–H and O–H groups in total. The summed E-state index contributed by atoms with van der Waals surface area (Å²) in [6.45, 7) is 6.29. The van der Waals surface area contributed by atoms with Gasteiger partial charge in [-0.2, -0.15) is 0 Å². The number of nitrogens with two attached hydrogens (primary N) is 1. The van der Waals surface area contributed by atoms with Crippen molar-refractivity contribution in [3.05, 3.63) is 0 Å². The molecule has 0 aromatic rings. The second kappa shape index (κ2) is 11.9. The summed E-state index contributed by atoms with van der Waals surface area (Å²) in [6, 6.07) is 0. The molecule has 0 aliphatic rings. The Labute approximate surface area is 107 Å². The smallest absolute Gasteiger partial charge is 0.222 e. The maximum atomic E-state index is 11.8. The predicted octanol–water partition coefficient (Wildman–Crippen LogP) is 2.93. The van der Waals surface area contributed by atoms with Crippen LogP contribution in [-0.2, 0) is 4.79 Å². The molecule has 0 saturated heterocycles. The average molecular weight is 242 g/mol. The molecule has 0 aromatic heterocycles. The van der Waals surface area contributed by atoms with Gasteiger partial charge in [0.2, 0.25) is 5.91 Å². The van der Waals surface area contributed by atoms with Gasteiger partial charge in [0.1, 0.15) is 0 Å². The second-order valence-electron chi connectivity index (χ2n) is 4.63. The first-order chi connectivity index (χ1) is 8.26. The van der Waals surface area contributed by atoms with Gasteiger partial charge in [-0.05, 0) is 13.3 Å². The van der Waals surface area contributed by atoms with Crippen LogP contribution in [0, 0.1) is 0 Å². The van der Waals surface area contributed by atoms with Crippen LogP contribution in [-0.4, -0.2) is 30.4 Å². The average Bonchev–Trinajstić information content (AvgIpc) is 2.34. The SMILES string of the molecule is CCCCCCCCCC(=O)N(CC)CCN. The summed E-state index contributed by atoms with van der Waals surface area (Å²) in [4.78, 5) is 13.6. The monoisotopic (exact) mass is 242 g/mol. The zero-order valence-corrected chi connectivity index (χ0v) is 11.7. The minimum atomic E-state index is 0.270. The summed E-state index contributed by atoms with van der Waals surface area (Å²) in [5, 5.41) is 0. The van der Waals surface area contributed by atoms with Crippen molar-refractivity contribution in [2.45, 2.75) is 65.2 Å². The van der Waals surface area contributed by atoms with Crippen molar-refractivity contribution < 1.29 is 4.79 Å². The summed E-state index contributed by atoms with van der Waals surface area (Å²) in [6.07, 6.45) is 9.50. The Morgan fingerprint density at radius 3 is 2.12 bits per heavy atom.